The molecule has 0 fully saturated rings. The number of nitrogens with one attached hydrogen (secondary N) is 1. The molecular formula is C8H11NOS. The molecule has 0 unspecified atom stereocenters. The molecule has 0 aliphatic carbocycles. The van der Waals surface area contributed by atoms with E-state index in [0.717, 1.165) is 5.75 Å². The smallest absolute Gasteiger partial charge is 0.118 e. The summed E-state index contributed by atoms with van der Waals surface area (Å²) < 4.78 is 8.01. The van der Waals surface area contributed by atoms with Crippen LogP contribution in [-0.4, -0.2) is 14.2 Å². The highest BCUT2D eigenvalue weighted by Gasteiger charge is 1.91. The predicted molar refractivity (Wildman–Crippen MR) is 47.9 cm³/mol. The van der Waals surface area contributed by atoms with Crippen molar-refractivity contribution in [3.05, 3.63) is 24.3 Å². The molecule has 0 saturated carbocycles. The van der Waals surface area contributed by atoms with Crippen molar-refractivity contribution in [2.45, 2.75) is 4.90 Å². The highest BCUT2D eigenvalue weighted by atomic mass is 32.2. The van der Waals surface area contributed by atoms with E-state index < -0.39 is 0 Å². The minimum absolute atomic E-state index is 0.894. The molecule has 1 aromatic rings. The molecule has 0 heterocycles. The first-order valence-corrected chi connectivity index (χ1v) is 4.16. The SMILES string of the molecule is CNSc1ccc(OC)cc1. The van der Waals surface area contributed by atoms with E-state index in [1.807, 2.05) is 31.3 Å². The van der Waals surface area contributed by atoms with Crippen LogP contribution in [0.2, 0.25) is 0 Å². The van der Waals surface area contributed by atoms with E-state index in [4.69, 9.17) is 4.74 Å². The van der Waals surface area contributed by atoms with Crippen molar-refractivity contribution in [2.75, 3.05) is 14.2 Å². The van der Waals surface area contributed by atoms with Gasteiger partial charge in [-0.2, -0.15) is 0 Å². The summed E-state index contributed by atoms with van der Waals surface area (Å²) in [6.07, 6.45) is 0. The maximum absolute atomic E-state index is 5.02. The van der Waals surface area contributed by atoms with Gasteiger partial charge in [0.25, 0.3) is 0 Å². The molecule has 0 saturated heterocycles. The van der Waals surface area contributed by atoms with Gasteiger partial charge in [-0.05, 0) is 43.3 Å². The van der Waals surface area contributed by atoms with Crippen LogP contribution in [0.5, 0.6) is 5.75 Å². The Kier molecular flexibility index (Phi) is 3.26. The Labute approximate surface area is 71.1 Å². The Morgan fingerprint density at radius 1 is 1.27 bits per heavy atom. The summed E-state index contributed by atoms with van der Waals surface area (Å²) in [7, 11) is 3.56. The Bertz CT molecular complexity index is 210. The van der Waals surface area contributed by atoms with E-state index in [-0.39, 0.29) is 0 Å². The molecule has 0 atom stereocenters. The molecule has 0 spiro atoms. The van der Waals surface area contributed by atoms with E-state index in [1.165, 1.54) is 4.90 Å². The van der Waals surface area contributed by atoms with Crippen LogP contribution in [0.25, 0.3) is 0 Å². The van der Waals surface area contributed by atoms with Gasteiger partial charge in [0.05, 0.1) is 7.11 Å². The minimum Gasteiger partial charge on any atom is -0.497 e. The van der Waals surface area contributed by atoms with Crippen LogP contribution in [0, 0.1) is 0 Å². The van der Waals surface area contributed by atoms with E-state index in [0.29, 0.717) is 0 Å². The predicted octanol–water partition coefficient (Wildman–Crippen LogP) is 1.92. The molecule has 11 heavy (non-hydrogen) atoms. The van der Waals surface area contributed by atoms with Crippen LogP contribution in [0.15, 0.2) is 29.2 Å². The maximum Gasteiger partial charge on any atom is 0.118 e. The zero-order valence-corrected chi connectivity index (χ0v) is 7.44. The molecule has 3 heteroatoms. The lowest BCUT2D eigenvalue weighted by Gasteiger charge is -2.00. The Hall–Kier alpha value is -0.670. The molecule has 60 valence electrons. The fraction of sp³-hybridized carbons (Fsp3) is 0.250. The third-order valence-electron chi connectivity index (χ3n) is 1.28. The number of rotatable bonds is 3. The maximum atomic E-state index is 5.02. The average molecular weight is 169 g/mol. The van der Waals surface area contributed by atoms with E-state index in [2.05, 4.69) is 4.72 Å². The number of hydrogen-bond acceptors (Lipinski definition) is 3. The Morgan fingerprint density at radius 2 is 1.91 bits per heavy atom. The lowest BCUT2D eigenvalue weighted by molar-refractivity contribution is 0.414. The molecule has 0 bridgehead atoms. The van der Waals surface area contributed by atoms with E-state index >= 15 is 0 Å². The molecule has 1 aromatic carbocycles. The van der Waals surface area contributed by atoms with Gasteiger partial charge in [0.1, 0.15) is 5.75 Å². The van der Waals surface area contributed by atoms with Crippen LogP contribution < -0.4 is 9.46 Å². The van der Waals surface area contributed by atoms with Crippen LogP contribution in [-0.2, 0) is 0 Å². The quantitative estimate of drug-likeness (QED) is 0.698. The number of benzene rings is 1. The molecule has 2 nitrogen and oxygen atoms in total. The lowest BCUT2D eigenvalue weighted by atomic mass is 10.3. The second-order valence-electron chi connectivity index (χ2n) is 1.98. The fourth-order valence-electron chi connectivity index (χ4n) is 0.762. The minimum atomic E-state index is 0.894. The molecule has 1 rings (SSSR count). The van der Waals surface area contributed by atoms with Crippen LogP contribution in [0.4, 0.5) is 0 Å². The standard InChI is InChI=1S/C8H11NOS/c1-9-11-8-5-3-7(10-2)4-6-8/h3-6,9H,1-2H3. The molecule has 0 aliphatic rings. The molecule has 0 aliphatic heterocycles. The Morgan fingerprint density at radius 3 is 2.36 bits per heavy atom. The van der Waals surface area contributed by atoms with E-state index in [1.54, 1.807) is 19.1 Å². The third-order valence-corrected chi connectivity index (χ3v) is 1.99. The van der Waals surface area contributed by atoms with E-state index in [9.17, 15) is 0 Å². The van der Waals surface area contributed by atoms with Crippen molar-refractivity contribution in [1.82, 2.24) is 4.72 Å². The van der Waals surface area contributed by atoms with Gasteiger partial charge in [0.15, 0.2) is 0 Å². The Balaban J connectivity index is 2.66. The van der Waals surface area contributed by atoms with Gasteiger partial charge in [0, 0.05) is 4.90 Å². The van der Waals surface area contributed by atoms with Crippen molar-refractivity contribution < 1.29 is 4.74 Å². The summed E-state index contributed by atoms with van der Waals surface area (Å²) >= 11 is 1.59. The molecular weight excluding hydrogens is 158 g/mol. The summed E-state index contributed by atoms with van der Waals surface area (Å²) in [6.45, 7) is 0. The first-order chi connectivity index (χ1) is 5.36. The summed E-state index contributed by atoms with van der Waals surface area (Å²) in [6, 6.07) is 7.92. The van der Waals surface area contributed by atoms with Gasteiger partial charge in [-0.25, -0.2) is 0 Å². The van der Waals surface area contributed by atoms with Crippen molar-refractivity contribution >= 4 is 11.9 Å². The monoisotopic (exact) mass is 169 g/mol. The summed E-state index contributed by atoms with van der Waals surface area (Å²) in [5.41, 5.74) is 0. The summed E-state index contributed by atoms with van der Waals surface area (Å²) in [5, 5.41) is 0. The topological polar surface area (TPSA) is 21.3 Å². The van der Waals surface area contributed by atoms with Crippen molar-refractivity contribution in [2.24, 2.45) is 0 Å². The molecule has 0 aromatic heterocycles. The average Bonchev–Trinajstić information content (AvgIpc) is 2.07. The largest absolute Gasteiger partial charge is 0.497 e. The number of hydrogen-bond donors (Lipinski definition) is 1. The van der Waals surface area contributed by atoms with Gasteiger partial charge < -0.3 is 4.74 Å². The fourth-order valence-corrected chi connectivity index (χ4v) is 1.27. The van der Waals surface area contributed by atoms with Crippen molar-refractivity contribution in [3.63, 3.8) is 0 Å². The number of methoxy groups -OCH3 is 1. The number of ether oxygens (including phenoxy) is 1. The summed E-state index contributed by atoms with van der Waals surface area (Å²) in [4.78, 5) is 1.19. The van der Waals surface area contributed by atoms with Crippen molar-refractivity contribution in [1.29, 1.82) is 0 Å². The van der Waals surface area contributed by atoms with Crippen LogP contribution in [0.1, 0.15) is 0 Å². The highest BCUT2D eigenvalue weighted by Crippen LogP contribution is 2.17. The zero-order chi connectivity index (χ0) is 8.10. The second-order valence-corrected chi connectivity index (χ2v) is 3.07. The van der Waals surface area contributed by atoms with Crippen molar-refractivity contribution in [3.8, 4) is 5.75 Å². The van der Waals surface area contributed by atoms with Crippen LogP contribution in [0.3, 0.4) is 0 Å². The lowest BCUT2D eigenvalue weighted by Crippen LogP contribution is -1.90. The third kappa shape index (κ3) is 2.44. The van der Waals surface area contributed by atoms with Gasteiger partial charge in [-0.1, -0.05) is 0 Å². The van der Waals surface area contributed by atoms with Gasteiger partial charge >= 0.3 is 0 Å². The molecule has 0 amide bonds. The highest BCUT2D eigenvalue weighted by molar-refractivity contribution is 7.97. The van der Waals surface area contributed by atoms with Gasteiger partial charge in [-0.3, -0.25) is 4.72 Å². The molecule has 0 radical (unpaired) electrons. The normalized spacial score (nSPS) is 9.64. The summed E-state index contributed by atoms with van der Waals surface area (Å²) in [5.74, 6) is 0.894. The second kappa shape index (κ2) is 4.26. The van der Waals surface area contributed by atoms with Gasteiger partial charge in [0.2, 0.25) is 0 Å². The molecule has 1 N–H and O–H groups in total. The van der Waals surface area contributed by atoms with Gasteiger partial charge in [-0.15, -0.1) is 0 Å². The first kappa shape index (κ1) is 8.43. The first-order valence-electron chi connectivity index (χ1n) is 3.34. The van der Waals surface area contributed by atoms with Crippen LogP contribution >= 0.6 is 11.9 Å². The zero-order valence-electron chi connectivity index (χ0n) is 6.63.